The van der Waals surface area contributed by atoms with Gasteiger partial charge in [0, 0.05) is 18.1 Å². The van der Waals surface area contributed by atoms with E-state index in [1.807, 2.05) is 0 Å². The van der Waals surface area contributed by atoms with E-state index in [-0.39, 0.29) is 5.60 Å². The number of aromatic nitrogens is 2. The van der Waals surface area contributed by atoms with E-state index in [9.17, 15) is 0 Å². The zero-order valence-corrected chi connectivity index (χ0v) is 12.0. The van der Waals surface area contributed by atoms with Crippen LogP contribution in [-0.4, -0.2) is 27.4 Å². The van der Waals surface area contributed by atoms with Crippen molar-refractivity contribution in [2.24, 2.45) is 0 Å². The fourth-order valence-electron chi connectivity index (χ4n) is 3.20. The summed E-state index contributed by atoms with van der Waals surface area (Å²) in [4.78, 5) is 8.32. The largest absolute Gasteiger partial charge is 0.381 e. The molecule has 2 fully saturated rings. The zero-order valence-electron chi connectivity index (χ0n) is 11.2. The summed E-state index contributed by atoms with van der Waals surface area (Å²) in [5, 5.41) is 0.829. The van der Waals surface area contributed by atoms with E-state index in [2.05, 4.69) is 9.97 Å². The van der Waals surface area contributed by atoms with Crippen molar-refractivity contribution < 1.29 is 4.74 Å². The first kappa shape index (κ1) is 13.2. The maximum atomic E-state index is 6.34. The zero-order chi connectivity index (χ0) is 13.1. The van der Waals surface area contributed by atoms with Gasteiger partial charge in [-0.25, -0.2) is 9.97 Å². The number of anilines is 1. The van der Waals surface area contributed by atoms with Crippen LogP contribution in [0.5, 0.6) is 0 Å². The van der Waals surface area contributed by atoms with E-state index >= 15 is 0 Å². The Morgan fingerprint density at radius 2 is 2.00 bits per heavy atom. The van der Waals surface area contributed by atoms with Crippen LogP contribution in [0.4, 0.5) is 5.82 Å². The molecule has 4 nitrogen and oxygen atoms in total. The SMILES string of the molecule is Nc1nccnc1SCC1CCC2(CCCCC2)O1. The van der Waals surface area contributed by atoms with Crippen molar-refractivity contribution in [1.29, 1.82) is 0 Å². The van der Waals surface area contributed by atoms with Crippen molar-refractivity contribution in [2.75, 3.05) is 11.5 Å². The summed E-state index contributed by atoms with van der Waals surface area (Å²) in [7, 11) is 0. The van der Waals surface area contributed by atoms with Crippen molar-refractivity contribution in [3.8, 4) is 0 Å². The monoisotopic (exact) mass is 279 g/mol. The second-order valence-corrected chi connectivity index (χ2v) is 6.59. The van der Waals surface area contributed by atoms with E-state index in [4.69, 9.17) is 10.5 Å². The van der Waals surface area contributed by atoms with Gasteiger partial charge >= 0.3 is 0 Å². The van der Waals surface area contributed by atoms with Crippen LogP contribution >= 0.6 is 11.8 Å². The maximum absolute atomic E-state index is 6.34. The van der Waals surface area contributed by atoms with Crippen LogP contribution in [0.1, 0.15) is 44.9 Å². The standard InChI is InChI=1S/C14H21N3OS/c15-12-13(17-9-8-16-12)19-10-11-4-7-14(18-11)5-2-1-3-6-14/h8-9,11H,1-7,10H2,(H2,15,16). The van der Waals surface area contributed by atoms with Gasteiger partial charge in [-0.3, -0.25) is 0 Å². The van der Waals surface area contributed by atoms with E-state index in [0.717, 1.165) is 10.8 Å². The van der Waals surface area contributed by atoms with Gasteiger partial charge in [0.25, 0.3) is 0 Å². The first-order valence-electron chi connectivity index (χ1n) is 7.15. The number of nitrogen functional groups attached to an aromatic ring is 1. The Hall–Kier alpha value is -0.810. The Labute approximate surface area is 118 Å². The number of hydrogen-bond acceptors (Lipinski definition) is 5. The molecule has 1 saturated carbocycles. The summed E-state index contributed by atoms with van der Waals surface area (Å²) in [5.41, 5.74) is 6.01. The minimum absolute atomic E-state index is 0.206. The number of rotatable bonds is 3. The second-order valence-electron chi connectivity index (χ2n) is 5.58. The van der Waals surface area contributed by atoms with E-state index in [1.54, 1.807) is 24.2 Å². The molecule has 104 valence electrons. The van der Waals surface area contributed by atoms with Gasteiger partial charge < -0.3 is 10.5 Å². The molecule has 2 aliphatic rings. The number of ether oxygens (including phenoxy) is 1. The van der Waals surface area contributed by atoms with E-state index < -0.39 is 0 Å². The average Bonchev–Trinajstić information content (AvgIpc) is 2.82. The molecule has 0 radical (unpaired) electrons. The topological polar surface area (TPSA) is 61.0 Å². The van der Waals surface area contributed by atoms with Crippen molar-refractivity contribution >= 4 is 17.6 Å². The van der Waals surface area contributed by atoms with Crippen LogP contribution in [0.2, 0.25) is 0 Å². The van der Waals surface area contributed by atoms with Gasteiger partial charge in [-0.05, 0) is 25.7 Å². The molecule has 1 spiro atoms. The van der Waals surface area contributed by atoms with Crippen LogP contribution in [0, 0.1) is 0 Å². The molecule has 5 heteroatoms. The first-order chi connectivity index (χ1) is 9.27. The van der Waals surface area contributed by atoms with Crippen molar-refractivity contribution in [1.82, 2.24) is 9.97 Å². The number of nitrogens with two attached hydrogens (primary N) is 1. The number of hydrogen-bond donors (Lipinski definition) is 1. The molecule has 1 aromatic heterocycles. The third kappa shape index (κ3) is 3.03. The lowest BCUT2D eigenvalue weighted by Gasteiger charge is -2.33. The Morgan fingerprint density at radius 1 is 1.21 bits per heavy atom. The molecule has 2 heterocycles. The molecule has 3 rings (SSSR count). The minimum atomic E-state index is 0.206. The van der Waals surface area contributed by atoms with Gasteiger partial charge in [-0.1, -0.05) is 31.0 Å². The molecule has 0 aromatic carbocycles. The molecular weight excluding hydrogens is 258 g/mol. The molecule has 1 saturated heterocycles. The van der Waals surface area contributed by atoms with E-state index in [0.29, 0.717) is 11.9 Å². The molecule has 1 atom stereocenters. The highest BCUT2D eigenvalue weighted by molar-refractivity contribution is 7.99. The summed E-state index contributed by atoms with van der Waals surface area (Å²) in [5.74, 6) is 1.46. The van der Waals surface area contributed by atoms with Gasteiger partial charge in [0.1, 0.15) is 5.03 Å². The lowest BCUT2D eigenvalue weighted by Crippen LogP contribution is -2.32. The third-order valence-electron chi connectivity index (χ3n) is 4.20. The van der Waals surface area contributed by atoms with Crippen LogP contribution in [0.3, 0.4) is 0 Å². The third-order valence-corrected chi connectivity index (χ3v) is 5.33. The molecule has 1 aliphatic carbocycles. The summed E-state index contributed by atoms with van der Waals surface area (Å²) in [6, 6.07) is 0. The second kappa shape index (κ2) is 5.67. The normalized spacial score (nSPS) is 25.8. The number of thioether (sulfide) groups is 1. The predicted octanol–water partition coefficient (Wildman–Crippen LogP) is 3.03. The van der Waals surface area contributed by atoms with Gasteiger partial charge in [0.05, 0.1) is 11.7 Å². The highest BCUT2D eigenvalue weighted by Crippen LogP contribution is 2.42. The van der Waals surface area contributed by atoms with Crippen molar-refractivity contribution in [3.05, 3.63) is 12.4 Å². The average molecular weight is 279 g/mol. The molecule has 1 aliphatic heterocycles. The molecule has 2 N–H and O–H groups in total. The van der Waals surface area contributed by atoms with Crippen LogP contribution in [-0.2, 0) is 4.74 Å². The minimum Gasteiger partial charge on any atom is -0.381 e. The fraction of sp³-hybridized carbons (Fsp3) is 0.714. The van der Waals surface area contributed by atoms with Crippen molar-refractivity contribution in [2.45, 2.75) is 61.7 Å². The Kier molecular flexibility index (Phi) is 3.93. The Balaban J connectivity index is 1.53. The molecule has 1 unspecified atom stereocenters. The van der Waals surface area contributed by atoms with Gasteiger partial charge in [-0.15, -0.1) is 0 Å². The predicted molar refractivity (Wildman–Crippen MR) is 77.1 cm³/mol. The highest BCUT2D eigenvalue weighted by Gasteiger charge is 2.40. The first-order valence-corrected chi connectivity index (χ1v) is 8.13. The Bertz CT molecular complexity index is 434. The molecule has 1 aromatic rings. The molecule has 19 heavy (non-hydrogen) atoms. The molecule has 0 bridgehead atoms. The summed E-state index contributed by atoms with van der Waals surface area (Å²) in [6.45, 7) is 0. The van der Waals surface area contributed by atoms with Crippen LogP contribution in [0.15, 0.2) is 17.4 Å². The van der Waals surface area contributed by atoms with Crippen molar-refractivity contribution in [3.63, 3.8) is 0 Å². The molecular formula is C14H21N3OS. The number of nitrogens with zero attached hydrogens (tertiary/aromatic N) is 2. The lowest BCUT2D eigenvalue weighted by atomic mass is 9.83. The lowest BCUT2D eigenvalue weighted by molar-refractivity contribution is -0.0555. The molecule has 0 amide bonds. The quantitative estimate of drug-likeness (QED) is 0.862. The van der Waals surface area contributed by atoms with E-state index in [1.165, 1.54) is 44.9 Å². The van der Waals surface area contributed by atoms with Gasteiger partial charge in [0.2, 0.25) is 0 Å². The highest BCUT2D eigenvalue weighted by atomic mass is 32.2. The van der Waals surface area contributed by atoms with Crippen LogP contribution in [0.25, 0.3) is 0 Å². The maximum Gasteiger partial charge on any atom is 0.156 e. The van der Waals surface area contributed by atoms with Gasteiger partial charge in [0.15, 0.2) is 5.82 Å². The van der Waals surface area contributed by atoms with Gasteiger partial charge in [-0.2, -0.15) is 0 Å². The van der Waals surface area contributed by atoms with Crippen LogP contribution < -0.4 is 5.73 Å². The summed E-state index contributed by atoms with van der Waals surface area (Å²) < 4.78 is 6.34. The summed E-state index contributed by atoms with van der Waals surface area (Å²) >= 11 is 1.67. The summed E-state index contributed by atoms with van der Waals surface area (Å²) in [6.07, 6.45) is 12.6. The Morgan fingerprint density at radius 3 is 2.79 bits per heavy atom. The smallest absolute Gasteiger partial charge is 0.156 e. The fourth-order valence-corrected chi connectivity index (χ4v) is 4.11.